The van der Waals surface area contributed by atoms with E-state index in [0.29, 0.717) is 27.2 Å². The summed E-state index contributed by atoms with van der Waals surface area (Å²) in [6.45, 7) is 0. The molecule has 0 bridgehead atoms. The number of hydrogen-bond donors (Lipinski definition) is 0. The molecule has 0 unspecified atom stereocenters. The SMILES string of the molecule is O=C(Oc1ccc(Cl)cc1)c1nn(-c2ccccc2)c(=O)c2ccccc12. The molecule has 6 heteroatoms. The summed E-state index contributed by atoms with van der Waals surface area (Å²) in [4.78, 5) is 25.6. The lowest BCUT2D eigenvalue weighted by molar-refractivity contribution is 0.0729. The maximum atomic E-state index is 12.8. The van der Waals surface area contributed by atoms with E-state index < -0.39 is 5.97 Å². The maximum Gasteiger partial charge on any atom is 0.364 e. The van der Waals surface area contributed by atoms with Crippen molar-refractivity contribution in [2.75, 3.05) is 0 Å². The summed E-state index contributed by atoms with van der Waals surface area (Å²) in [6.07, 6.45) is 0. The van der Waals surface area contributed by atoms with Crippen LogP contribution in [0, 0.1) is 0 Å². The molecule has 0 aliphatic rings. The van der Waals surface area contributed by atoms with Gasteiger partial charge >= 0.3 is 5.97 Å². The second-order valence-electron chi connectivity index (χ2n) is 5.79. The summed E-state index contributed by atoms with van der Waals surface area (Å²) in [5.74, 6) is -0.314. The first-order valence-electron chi connectivity index (χ1n) is 8.19. The van der Waals surface area contributed by atoms with Gasteiger partial charge in [0.05, 0.1) is 11.1 Å². The average molecular weight is 377 g/mol. The molecule has 1 heterocycles. The first-order valence-corrected chi connectivity index (χ1v) is 8.56. The van der Waals surface area contributed by atoms with E-state index in [-0.39, 0.29) is 11.3 Å². The number of fused-ring (bicyclic) bond motifs is 1. The van der Waals surface area contributed by atoms with Crippen LogP contribution < -0.4 is 10.3 Å². The van der Waals surface area contributed by atoms with Crippen LogP contribution in [0.4, 0.5) is 0 Å². The Balaban J connectivity index is 1.86. The zero-order valence-corrected chi connectivity index (χ0v) is 14.8. The standard InChI is InChI=1S/C21H13ClN2O3/c22-14-10-12-16(13-11-14)27-21(26)19-17-8-4-5-9-18(17)20(25)24(23-19)15-6-2-1-3-7-15/h1-13H. The lowest BCUT2D eigenvalue weighted by atomic mass is 10.1. The van der Waals surface area contributed by atoms with E-state index >= 15 is 0 Å². The molecule has 0 aliphatic carbocycles. The van der Waals surface area contributed by atoms with Gasteiger partial charge in [0.2, 0.25) is 0 Å². The lowest BCUT2D eigenvalue weighted by Crippen LogP contribution is -2.25. The Morgan fingerprint density at radius 1 is 0.852 bits per heavy atom. The van der Waals surface area contributed by atoms with Crippen molar-refractivity contribution in [3.05, 3.63) is 99.9 Å². The molecule has 5 nitrogen and oxygen atoms in total. The molecule has 0 aliphatic heterocycles. The Bertz CT molecular complexity index is 1190. The summed E-state index contributed by atoms with van der Waals surface area (Å²) in [6, 6.07) is 22.2. The fourth-order valence-electron chi connectivity index (χ4n) is 2.74. The van der Waals surface area contributed by atoms with Crippen LogP contribution in [0.25, 0.3) is 16.5 Å². The molecule has 0 saturated heterocycles. The number of benzene rings is 3. The predicted molar refractivity (Wildman–Crippen MR) is 104 cm³/mol. The summed E-state index contributed by atoms with van der Waals surface area (Å²) < 4.78 is 6.63. The topological polar surface area (TPSA) is 61.2 Å². The number of para-hydroxylation sites is 1. The van der Waals surface area contributed by atoms with Crippen molar-refractivity contribution in [1.29, 1.82) is 0 Å². The molecule has 27 heavy (non-hydrogen) atoms. The predicted octanol–water partition coefficient (Wildman–Crippen LogP) is 4.26. The van der Waals surface area contributed by atoms with E-state index in [2.05, 4.69) is 5.10 Å². The molecule has 0 saturated carbocycles. The highest BCUT2D eigenvalue weighted by molar-refractivity contribution is 6.30. The summed E-state index contributed by atoms with van der Waals surface area (Å²) in [7, 11) is 0. The third-order valence-electron chi connectivity index (χ3n) is 4.02. The van der Waals surface area contributed by atoms with Gasteiger partial charge in [-0.1, -0.05) is 48.0 Å². The molecular formula is C21H13ClN2O3. The van der Waals surface area contributed by atoms with E-state index in [1.54, 1.807) is 72.8 Å². The van der Waals surface area contributed by atoms with Gasteiger partial charge in [0.25, 0.3) is 5.56 Å². The quantitative estimate of drug-likeness (QED) is 0.396. The van der Waals surface area contributed by atoms with E-state index in [1.165, 1.54) is 4.68 Å². The van der Waals surface area contributed by atoms with Crippen LogP contribution in [-0.4, -0.2) is 15.7 Å². The molecule has 3 aromatic carbocycles. The maximum absolute atomic E-state index is 12.8. The third-order valence-corrected chi connectivity index (χ3v) is 4.28. The normalized spacial score (nSPS) is 10.7. The molecule has 1 aromatic heterocycles. The van der Waals surface area contributed by atoms with Gasteiger partial charge in [-0.2, -0.15) is 9.78 Å². The number of rotatable bonds is 3. The van der Waals surface area contributed by atoms with Crippen molar-refractivity contribution >= 4 is 28.3 Å². The third kappa shape index (κ3) is 3.32. The molecule has 4 rings (SSSR count). The highest BCUT2D eigenvalue weighted by Gasteiger charge is 2.19. The van der Waals surface area contributed by atoms with E-state index in [1.807, 2.05) is 6.07 Å². The van der Waals surface area contributed by atoms with Crippen LogP contribution in [0.1, 0.15) is 10.5 Å². The van der Waals surface area contributed by atoms with Crippen molar-refractivity contribution in [2.45, 2.75) is 0 Å². The molecule has 0 N–H and O–H groups in total. The van der Waals surface area contributed by atoms with Crippen LogP contribution in [0.15, 0.2) is 83.7 Å². The minimum absolute atomic E-state index is 0.0593. The number of carbonyl (C=O) groups excluding carboxylic acids is 1. The van der Waals surface area contributed by atoms with Gasteiger partial charge in [-0.15, -0.1) is 0 Å². The minimum Gasteiger partial charge on any atom is -0.422 e. The number of ether oxygens (including phenoxy) is 1. The van der Waals surface area contributed by atoms with E-state index in [4.69, 9.17) is 16.3 Å². The Morgan fingerprint density at radius 3 is 2.19 bits per heavy atom. The molecule has 0 spiro atoms. The molecule has 4 aromatic rings. The Hall–Kier alpha value is -3.44. The summed E-state index contributed by atoms with van der Waals surface area (Å²) in [5, 5.41) is 5.65. The van der Waals surface area contributed by atoms with Gasteiger partial charge in [0.1, 0.15) is 5.75 Å². The largest absolute Gasteiger partial charge is 0.422 e. The number of nitrogens with zero attached hydrogens (tertiary/aromatic N) is 2. The summed E-state index contributed by atoms with van der Waals surface area (Å²) >= 11 is 5.86. The van der Waals surface area contributed by atoms with Crippen molar-refractivity contribution in [1.82, 2.24) is 9.78 Å². The smallest absolute Gasteiger partial charge is 0.364 e. The molecule has 0 amide bonds. The van der Waals surface area contributed by atoms with Crippen molar-refractivity contribution in [2.24, 2.45) is 0 Å². The van der Waals surface area contributed by atoms with Gasteiger partial charge in [-0.25, -0.2) is 4.79 Å². The number of hydrogen-bond acceptors (Lipinski definition) is 4. The first kappa shape index (κ1) is 17.0. The van der Waals surface area contributed by atoms with Crippen LogP contribution >= 0.6 is 11.6 Å². The van der Waals surface area contributed by atoms with Crippen LogP contribution in [0.5, 0.6) is 5.75 Å². The zero-order valence-electron chi connectivity index (χ0n) is 14.0. The Kier molecular flexibility index (Phi) is 4.44. The summed E-state index contributed by atoms with van der Waals surface area (Å²) in [5.41, 5.74) is 0.317. The molecular weight excluding hydrogens is 364 g/mol. The van der Waals surface area contributed by atoms with Crippen molar-refractivity contribution < 1.29 is 9.53 Å². The van der Waals surface area contributed by atoms with Crippen molar-refractivity contribution in [3.8, 4) is 11.4 Å². The van der Waals surface area contributed by atoms with Gasteiger partial charge in [-0.3, -0.25) is 4.79 Å². The molecule has 132 valence electrons. The monoisotopic (exact) mass is 376 g/mol. The average Bonchev–Trinajstić information content (AvgIpc) is 2.71. The number of carbonyl (C=O) groups is 1. The van der Waals surface area contributed by atoms with Gasteiger partial charge in [-0.05, 0) is 42.5 Å². The molecule has 0 fully saturated rings. The van der Waals surface area contributed by atoms with Gasteiger partial charge < -0.3 is 4.74 Å². The minimum atomic E-state index is -0.654. The van der Waals surface area contributed by atoms with Crippen molar-refractivity contribution in [3.63, 3.8) is 0 Å². The van der Waals surface area contributed by atoms with E-state index in [9.17, 15) is 9.59 Å². The molecule has 0 atom stereocenters. The fraction of sp³-hybridized carbons (Fsp3) is 0. The number of aromatic nitrogens is 2. The Labute approximate surface area is 159 Å². The lowest BCUT2D eigenvalue weighted by Gasteiger charge is -2.11. The first-order chi connectivity index (χ1) is 13.1. The van der Waals surface area contributed by atoms with Crippen LogP contribution in [-0.2, 0) is 0 Å². The zero-order chi connectivity index (χ0) is 18.8. The molecule has 0 radical (unpaired) electrons. The fourth-order valence-corrected chi connectivity index (χ4v) is 2.87. The highest BCUT2D eigenvalue weighted by Crippen LogP contribution is 2.20. The van der Waals surface area contributed by atoms with Gasteiger partial charge in [0.15, 0.2) is 5.69 Å². The van der Waals surface area contributed by atoms with Crippen LogP contribution in [0.2, 0.25) is 5.02 Å². The number of halogens is 1. The second-order valence-corrected chi connectivity index (χ2v) is 6.23. The van der Waals surface area contributed by atoms with E-state index in [0.717, 1.165) is 0 Å². The highest BCUT2D eigenvalue weighted by atomic mass is 35.5. The Morgan fingerprint density at radius 2 is 1.48 bits per heavy atom. The van der Waals surface area contributed by atoms with Gasteiger partial charge in [0, 0.05) is 10.4 Å². The number of esters is 1. The second kappa shape index (κ2) is 7.05. The van der Waals surface area contributed by atoms with Crippen LogP contribution in [0.3, 0.4) is 0 Å².